The molecule has 1 N–H and O–H groups in total. The van der Waals surface area contributed by atoms with Crippen LogP contribution >= 0.6 is 59.1 Å². The second kappa shape index (κ2) is 8.20. The number of benzene rings is 1. The maximum atomic E-state index is 13.2. The molecule has 0 aliphatic carbocycles. The lowest BCUT2D eigenvalue weighted by molar-refractivity contribution is 0.535. The van der Waals surface area contributed by atoms with Crippen LogP contribution in [0.5, 0.6) is 0 Å². The largest absolute Gasteiger partial charge is 0.309 e. The standard InChI is InChI=1S/C15H15Br3FNS/c1-2-5-20-13(14-8-12(17)15(18)21-14)6-9-3-4-10(19)7-11(9)16/h3-4,7-8,13,20H,2,5-6H2,1H3. The summed E-state index contributed by atoms with van der Waals surface area (Å²) in [6.07, 6.45) is 1.90. The van der Waals surface area contributed by atoms with Crippen molar-refractivity contribution in [2.24, 2.45) is 0 Å². The van der Waals surface area contributed by atoms with Crippen molar-refractivity contribution in [3.63, 3.8) is 0 Å². The van der Waals surface area contributed by atoms with Gasteiger partial charge in [-0.1, -0.05) is 28.9 Å². The minimum absolute atomic E-state index is 0.217. The molecule has 0 amide bonds. The van der Waals surface area contributed by atoms with Crippen LogP contribution in [-0.2, 0) is 6.42 Å². The van der Waals surface area contributed by atoms with Gasteiger partial charge in [0.15, 0.2) is 0 Å². The van der Waals surface area contributed by atoms with Crippen LogP contribution in [0.15, 0.2) is 37.0 Å². The van der Waals surface area contributed by atoms with E-state index in [1.165, 1.54) is 17.0 Å². The number of rotatable bonds is 6. The van der Waals surface area contributed by atoms with Crippen LogP contribution in [-0.4, -0.2) is 6.54 Å². The fraction of sp³-hybridized carbons (Fsp3) is 0.333. The van der Waals surface area contributed by atoms with Gasteiger partial charge in [0.1, 0.15) is 5.82 Å². The van der Waals surface area contributed by atoms with Crippen molar-refractivity contribution in [3.05, 3.63) is 53.3 Å². The molecule has 21 heavy (non-hydrogen) atoms. The van der Waals surface area contributed by atoms with E-state index in [2.05, 4.69) is 66.1 Å². The zero-order chi connectivity index (χ0) is 15.4. The fourth-order valence-electron chi connectivity index (χ4n) is 2.03. The van der Waals surface area contributed by atoms with E-state index >= 15 is 0 Å². The highest BCUT2D eigenvalue weighted by atomic mass is 79.9. The van der Waals surface area contributed by atoms with Crippen molar-refractivity contribution >= 4 is 59.1 Å². The van der Waals surface area contributed by atoms with Crippen LogP contribution in [0.2, 0.25) is 0 Å². The SMILES string of the molecule is CCCNC(Cc1ccc(F)cc1Br)c1cc(Br)c(Br)s1. The molecule has 1 nitrogen and oxygen atoms in total. The summed E-state index contributed by atoms with van der Waals surface area (Å²) in [6, 6.07) is 7.24. The fourth-order valence-corrected chi connectivity index (χ4v) is 4.71. The van der Waals surface area contributed by atoms with Crippen LogP contribution in [0.25, 0.3) is 0 Å². The molecule has 0 saturated carbocycles. The van der Waals surface area contributed by atoms with E-state index in [0.29, 0.717) is 0 Å². The van der Waals surface area contributed by atoms with Crippen LogP contribution in [0, 0.1) is 5.82 Å². The Labute approximate surface area is 153 Å². The normalized spacial score (nSPS) is 12.6. The average molecular weight is 500 g/mol. The van der Waals surface area contributed by atoms with Crippen molar-refractivity contribution in [1.82, 2.24) is 5.32 Å². The topological polar surface area (TPSA) is 12.0 Å². The quantitative estimate of drug-likeness (QED) is 0.481. The molecule has 6 heteroatoms. The molecule has 1 unspecified atom stereocenters. The maximum absolute atomic E-state index is 13.2. The first-order valence-electron chi connectivity index (χ1n) is 6.63. The van der Waals surface area contributed by atoms with Gasteiger partial charge in [0.2, 0.25) is 0 Å². The first-order chi connectivity index (χ1) is 10.0. The Balaban J connectivity index is 2.23. The van der Waals surface area contributed by atoms with Gasteiger partial charge < -0.3 is 5.32 Å². The zero-order valence-electron chi connectivity index (χ0n) is 11.4. The Morgan fingerprint density at radius 3 is 2.52 bits per heavy atom. The molecule has 1 heterocycles. The Kier molecular flexibility index (Phi) is 6.87. The number of hydrogen-bond donors (Lipinski definition) is 1. The van der Waals surface area contributed by atoms with Gasteiger partial charge in [-0.25, -0.2) is 4.39 Å². The van der Waals surface area contributed by atoms with E-state index in [1.54, 1.807) is 11.3 Å². The Morgan fingerprint density at radius 1 is 1.19 bits per heavy atom. The van der Waals surface area contributed by atoms with Gasteiger partial charge in [0.25, 0.3) is 0 Å². The summed E-state index contributed by atoms with van der Waals surface area (Å²) in [5.41, 5.74) is 1.10. The van der Waals surface area contributed by atoms with E-state index in [0.717, 1.165) is 37.7 Å². The van der Waals surface area contributed by atoms with Crippen LogP contribution in [0.3, 0.4) is 0 Å². The van der Waals surface area contributed by atoms with E-state index in [9.17, 15) is 4.39 Å². The van der Waals surface area contributed by atoms with Gasteiger partial charge in [-0.05, 0) is 75.0 Å². The summed E-state index contributed by atoms with van der Waals surface area (Å²) in [4.78, 5) is 1.26. The predicted molar refractivity (Wildman–Crippen MR) is 98.6 cm³/mol. The molecule has 0 spiro atoms. The second-order valence-electron chi connectivity index (χ2n) is 4.72. The van der Waals surface area contributed by atoms with E-state index in [4.69, 9.17) is 0 Å². The van der Waals surface area contributed by atoms with Gasteiger partial charge in [-0.15, -0.1) is 11.3 Å². The first-order valence-corrected chi connectivity index (χ1v) is 9.82. The molecular weight excluding hydrogens is 485 g/mol. The Morgan fingerprint density at radius 2 is 1.95 bits per heavy atom. The lowest BCUT2D eigenvalue weighted by Gasteiger charge is -2.18. The summed E-state index contributed by atoms with van der Waals surface area (Å²) < 4.78 is 16.2. The average Bonchev–Trinajstić information content (AvgIpc) is 2.77. The first kappa shape index (κ1) is 17.6. The molecule has 0 bridgehead atoms. The molecule has 0 fully saturated rings. The highest BCUT2D eigenvalue weighted by Crippen LogP contribution is 2.37. The highest BCUT2D eigenvalue weighted by molar-refractivity contribution is 9.13. The molecule has 0 radical (unpaired) electrons. The van der Waals surface area contributed by atoms with E-state index < -0.39 is 0 Å². The third kappa shape index (κ3) is 4.86. The highest BCUT2D eigenvalue weighted by Gasteiger charge is 2.17. The van der Waals surface area contributed by atoms with E-state index in [-0.39, 0.29) is 11.9 Å². The summed E-state index contributed by atoms with van der Waals surface area (Å²) in [5, 5.41) is 3.57. The summed E-state index contributed by atoms with van der Waals surface area (Å²) in [5.74, 6) is -0.217. The van der Waals surface area contributed by atoms with Crippen LogP contribution in [0.4, 0.5) is 4.39 Å². The Hall–Kier alpha value is 0.250. The minimum Gasteiger partial charge on any atom is -0.309 e. The molecule has 114 valence electrons. The van der Waals surface area contributed by atoms with Gasteiger partial charge >= 0.3 is 0 Å². The molecular formula is C15H15Br3FNS. The van der Waals surface area contributed by atoms with Gasteiger partial charge in [0, 0.05) is 19.9 Å². The van der Waals surface area contributed by atoms with Crippen LogP contribution < -0.4 is 5.32 Å². The minimum atomic E-state index is -0.217. The number of thiophene rings is 1. The molecule has 0 aliphatic heterocycles. The van der Waals surface area contributed by atoms with Gasteiger partial charge in [-0.2, -0.15) is 0 Å². The molecule has 2 rings (SSSR count). The maximum Gasteiger partial charge on any atom is 0.124 e. The number of halogens is 4. The summed E-state index contributed by atoms with van der Waals surface area (Å²) in [7, 11) is 0. The zero-order valence-corrected chi connectivity index (χ0v) is 17.0. The summed E-state index contributed by atoms with van der Waals surface area (Å²) in [6.45, 7) is 3.11. The van der Waals surface area contributed by atoms with Crippen molar-refractivity contribution in [2.75, 3.05) is 6.54 Å². The molecule has 0 saturated heterocycles. The monoisotopic (exact) mass is 497 g/mol. The van der Waals surface area contributed by atoms with E-state index in [1.807, 2.05) is 6.07 Å². The van der Waals surface area contributed by atoms with Crippen molar-refractivity contribution in [1.29, 1.82) is 0 Å². The van der Waals surface area contributed by atoms with Gasteiger partial charge in [0.05, 0.1) is 3.79 Å². The number of hydrogen-bond acceptors (Lipinski definition) is 2. The molecule has 2 aromatic rings. The smallest absolute Gasteiger partial charge is 0.124 e. The molecule has 0 aliphatic rings. The van der Waals surface area contributed by atoms with Crippen molar-refractivity contribution < 1.29 is 4.39 Å². The van der Waals surface area contributed by atoms with Crippen molar-refractivity contribution in [3.8, 4) is 0 Å². The van der Waals surface area contributed by atoms with Gasteiger partial charge in [-0.3, -0.25) is 0 Å². The number of nitrogens with one attached hydrogen (secondary N) is 1. The predicted octanol–water partition coefficient (Wildman–Crippen LogP) is 6.46. The van der Waals surface area contributed by atoms with Crippen molar-refractivity contribution in [2.45, 2.75) is 25.8 Å². The molecule has 1 aromatic heterocycles. The lowest BCUT2D eigenvalue weighted by Crippen LogP contribution is -2.23. The second-order valence-corrected chi connectivity index (χ2v) is 8.83. The van der Waals surface area contributed by atoms with Crippen LogP contribution in [0.1, 0.15) is 29.8 Å². The third-order valence-corrected chi connectivity index (χ3v) is 7.20. The molecule has 1 atom stereocenters. The third-order valence-electron chi connectivity index (χ3n) is 3.09. The Bertz CT molecular complexity index is 595. The molecule has 1 aromatic carbocycles. The summed E-state index contributed by atoms with van der Waals surface area (Å²) >= 11 is 12.3. The lowest BCUT2D eigenvalue weighted by atomic mass is 10.0.